The Morgan fingerprint density at radius 1 is 0.875 bits per heavy atom. The van der Waals surface area contributed by atoms with E-state index in [-0.39, 0.29) is 17.0 Å². The van der Waals surface area contributed by atoms with Crippen LogP contribution in [0.25, 0.3) is 11.2 Å². The second-order valence-electron chi connectivity index (χ2n) is 8.36. The number of aliphatic hydroxyl groups excluding tert-OH is 4. The van der Waals surface area contributed by atoms with Crippen molar-refractivity contribution in [2.75, 3.05) is 18.9 Å². The zero-order valence-corrected chi connectivity index (χ0v) is 22.3. The summed E-state index contributed by atoms with van der Waals surface area (Å²) in [5, 5.41) is 39.0. The van der Waals surface area contributed by atoms with Crippen LogP contribution >= 0.6 is 23.5 Å². The Morgan fingerprint density at radius 2 is 1.48 bits per heavy atom. The second kappa shape index (κ2) is 11.6. The van der Waals surface area contributed by atoms with Crippen molar-refractivity contribution in [2.45, 2.75) is 49.1 Å². The topological polar surface area (TPSA) is 338 Å². The molecule has 0 spiro atoms. The van der Waals surface area contributed by atoms with Crippen molar-refractivity contribution in [1.82, 2.24) is 19.5 Å². The van der Waals surface area contributed by atoms with Crippen molar-refractivity contribution >= 4 is 40.4 Å². The van der Waals surface area contributed by atoms with Crippen LogP contribution in [-0.4, -0.2) is 116 Å². The van der Waals surface area contributed by atoms with Gasteiger partial charge in [0.1, 0.15) is 48.5 Å². The molecule has 0 aliphatic carbocycles. The SMILES string of the molecule is Nc1ncnc2c1ncn2[C@@H]1O[C@@H](COP(=O)(O)OP(=O)(O)OC[C@H]2O[C@H](O)[C@@H](O)[C@@H]2O)[C@H](O)[C@H]1OP(=O)(O)O. The van der Waals surface area contributed by atoms with E-state index in [4.69, 9.17) is 15.2 Å². The van der Waals surface area contributed by atoms with Gasteiger partial charge in [-0.3, -0.25) is 18.1 Å². The summed E-state index contributed by atoms with van der Waals surface area (Å²) in [6, 6.07) is 0. The molecule has 0 amide bonds. The lowest BCUT2D eigenvalue weighted by molar-refractivity contribution is -0.132. The van der Waals surface area contributed by atoms with Crippen LogP contribution in [0.2, 0.25) is 0 Å². The third-order valence-corrected chi connectivity index (χ3v) is 8.70. The average Bonchev–Trinajstić information content (AvgIpc) is 3.47. The molecule has 10 N–H and O–H groups in total. The molecule has 0 aromatic carbocycles. The molecular weight excluding hydrogens is 615 g/mol. The fraction of sp³-hybridized carbons (Fsp3) is 0.667. The number of aliphatic hydroxyl groups is 4. The number of nitrogens with zero attached hydrogens (tertiary/aromatic N) is 4. The zero-order chi connectivity index (χ0) is 29.6. The van der Waals surface area contributed by atoms with Gasteiger partial charge in [0, 0.05) is 0 Å². The van der Waals surface area contributed by atoms with E-state index in [9.17, 15) is 53.7 Å². The van der Waals surface area contributed by atoms with Crippen LogP contribution in [0.15, 0.2) is 12.7 Å². The van der Waals surface area contributed by atoms with E-state index >= 15 is 0 Å². The summed E-state index contributed by atoms with van der Waals surface area (Å²) in [4.78, 5) is 49.9. The van der Waals surface area contributed by atoms with Gasteiger partial charge in [-0.1, -0.05) is 0 Å². The van der Waals surface area contributed by atoms with E-state index in [1.165, 1.54) is 0 Å². The van der Waals surface area contributed by atoms with Crippen LogP contribution in [0.4, 0.5) is 5.82 Å². The number of phosphoric ester groups is 3. The normalized spacial score (nSPS) is 34.2. The van der Waals surface area contributed by atoms with Gasteiger partial charge in [0.15, 0.2) is 24.0 Å². The Hall–Kier alpha value is -1.52. The molecule has 0 saturated carbocycles. The number of anilines is 1. The Bertz CT molecular complexity index is 1360. The number of rotatable bonds is 11. The van der Waals surface area contributed by atoms with Gasteiger partial charge in [-0.25, -0.2) is 28.6 Å². The minimum absolute atomic E-state index is 0.0107. The van der Waals surface area contributed by atoms with Crippen molar-refractivity contribution in [1.29, 1.82) is 0 Å². The highest BCUT2D eigenvalue weighted by Gasteiger charge is 2.50. The van der Waals surface area contributed by atoms with Crippen molar-refractivity contribution in [2.24, 2.45) is 0 Å². The highest BCUT2D eigenvalue weighted by molar-refractivity contribution is 7.61. The van der Waals surface area contributed by atoms with Gasteiger partial charge in [0.25, 0.3) is 0 Å². The van der Waals surface area contributed by atoms with Gasteiger partial charge in [-0.2, -0.15) is 4.31 Å². The van der Waals surface area contributed by atoms with Gasteiger partial charge >= 0.3 is 23.5 Å². The number of nitrogen functional groups attached to an aromatic ring is 1. The molecule has 4 heterocycles. The molecule has 2 saturated heterocycles. The Labute approximate surface area is 222 Å². The number of hydrogen-bond acceptors (Lipinski definition) is 17. The number of imidazole rings is 1. The highest BCUT2D eigenvalue weighted by Crippen LogP contribution is 2.61. The molecule has 226 valence electrons. The number of nitrogens with two attached hydrogens (primary N) is 1. The highest BCUT2D eigenvalue weighted by atomic mass is 31.3. The van der Waals surface area contributed by atoms with Crippen LogP contribution in [-0.2, 0) is 41.1 Å². The lowest BCUT2D eigenvalue weighted by Crippen LogP contribution is -2.35. The van der Waals surface area contributed by atoms with E-state index in [1.807, 2.05) is 0 Å². The minimum atomic E-state index is -5.46. The first-order valence-electron chi connectivity index (χ1n) is 10.8. The molecule has 2 fully saturated rings. The quantitative estimate of drug-likeness (QED) is 0.109. The molecule has 2 unspecified atom stereocenters. The predicted molar refractivity (Wildman–Crippen MR) is 122 cm³/mol. The van der Waals surface area contributed by atoms with Crippen LogP contribution in [0.5, 0.6) is 0 Å². The van der Waals surface area contributed by atoms with Crippen LogP contribution < -0.4 is 5.73 Å². The number of hydrogen-bond donors (Lipinski definition) is 9. The van der Waals surface area contributed by atoms with Crippen molar-refractivity contribution in [3.8, 4) is 0 Å². The lowest BCUT2D eigenvalue weighted by atomic mass is 10.1. The van der Waals surface area contributed by atoms with Crippen LogP contribution in [0, 0.1) is 0 Å². The molecule has 0 bridgehead atoms. The Kier molecular flexibility index (Phi) is 9.14. The summed E-state index contributed by atoms with van der Waals surface area (Å²) >= 11 is 0. The first-order chi connectivity index (χ1) is 18.5. The lowest BCUT2D eigenvalue weighted by Gasteiger charge is -2.22. The summed E-state index contributed by atoms with van der Waals surface area (Å²) in [6.45, 7) is -2.03. The molecule has 40 heavy (non-hydrogen) atoms. The van der Waals surface area contributed by atoms with E-state index in [2.05, 4.69) is 32.8 Å². The number of aromatic nitrogens is 4. The maximum Gasteiger partial charge on any atom is 0.481 e. The van der Waals surface area contributed by atoms with Gasteiger partial charge in [-0.05, 0) is 0 Å². The number of phosphoric acid groups is 3. The van der Waals surface area contributed by atoms with E-state index in [1.54, 1.807) is 0 Å². The first-order valence-corrected chi connectivity index (χ1v) is 15.4. The largest absolute Gasteiger partial charge is 0.481 e. The minimum Gasteiger partial charge on any atom is -0.387 e. The molecular formula is C15H24N5O17P3. The summed E-state index contributed by atoms with van der Waals surface area (Å²) in [6.07, 6.45) is -11.6. The third-order valence-electron chi connectivity index (χ3n) is 5.58. The fourth-order valence-corrected chi connectivity index (χ4v) is 6.42. The number of ether oxygens (including phenoxy) is 2. The van der Waals surface area contributed by atoms with Crippen LogP contribution in [0.1, 0.15) is 6.23 Å². The van der Waals surface area contributed by atoms with Gasteiger partial charge in [0.05, 0.1) is 19.5 Å². The van der Waals surface area contributed by atoms with E-state index in [0.717, 1.165) is 17.2 Å². The molecule has 2 aromatic rings. The summed E-state index contributed by atoms with van der Waals surface area (Å²) in [7, 11) is -16.1. The maximum atomic E-state index is 12.3. The predicted octanol–water partition coefficient (Wildman–Crippen LogP) is -3.17. The zero-order valence-electron chi connectivity index (χ0n) is 19.6. The summed E-state index contributed by atoms with van der Waals surface area (Å²) < 4.78 is 65.1. The molecule has 2 aliphatic heterocycles. The summed E-state index contributed by atoms with van der Waals surface area (Å²) in [5.41, 5.74) is 5.80. The van der Waals surface area contributed by atoms with Gasteiger partial charge in [0.2, 0.25) is 0 Å². The first kappa shape index (κ1) is 31.4. The van der Waals surface area contributed by atoms with Crippen LogP contribution in [0.3, 0.4) is 0 Å². The molecule has 25 heteroatoms. The molecule has 22 nitrogen and oxygen atoms in total. The Morgan fingerprint density at radius 3 is 2.02 bits per heavy atom. The Balaban J connectivity index is 1.42. The third kappa shape index (κ3) is 7.09. The molecule has 2 aliphatic rings. The maximum absolute atomic E-state index is 12.3. The van der Waals surface area contributed by atoms with Gasteiger partial charge < -0.3 is 55.2 Å². The van der Waals surface area contributed by atoms with Gasteiger partial charge in [-0.15, -0.1) is 0 Å². The van der Waals surface area contributed by atoms with E-state index in [0.29, 0.717) is 0 Å². The molecule has 10 atom stereocenters. The number of fused-ring (bicyclic) bond motifs is 1. The fourth-order valence-electron chi connectivity index (χ4n) is 3.79. The second-order valence-corrected chi connectivity index (χ2v) is 12.6. The summed E-state index contributed by atoms with van der Waals surface area (Å²) in [5.74, 6) is -0.0509. The standard InChI is InChI=1S/C15H24N5O17P3/c16-12-7-13(18-3-17-12)20(4-19-7)14-11(36-38(25,26)27)9(22)6(34-14)2-33-40(30,31)37-39(28,29)32-1-5-8(21)10(23)15(24)35-5/h3-6,8-11,14-15,21-24H,1-2H2,(H,28,29)(H,30,31)(H2,16,17,18)(H2,25,26,27)/t5-,6+,8-,9+,10+,11-,14-,15+/m1/s1. The monoisotopic (exact) mass is 639 g/mol. The molecule has 4 rings (SSSR count). The van der Waals surface area contributed by atoms with E-state index < -0.39 is 85.8 Å². The van der Waals surface area contributed by atoms with Crippen molar-refractivity contribution in [3.05, 3.63) is 12.7 Å². The molecule has 0 radical (unpaired) electrons. The van der Waals surface area contributed by atoms with Crippen molar-refractivity contribution in [3.63, 3.8) is 0 Å². The average molecular weight is 639 g/mol. The van der Waals surface area contributed by atoms with Crippen molar-refractivity contribution < 1.29 is 81.1 Å². The molecule has 2 aromatic heterocycles. The smallest absolute Gasteiger partial charge is 0.387 e.